The zero-order valence-corrected chi connectivity index (χ0v) is 17.8. The quantitative estimate of drug-likeness (QED) is 0.633. The maximum Gasteiger partial charge on any atom is 0.253 e. The van der Waals surface area contributed by atoms with Gasteiger partial charge in [-0.15, -0.1) is 0 Å². The Balaban J connectivity index is 1.45. The van der Waals surface area contributed by atoms with Gasteiger partial charge in [0.15, 0.2) is 0 Å². The van der Waals surface area contributed by atoms with Gasteiger partial charge in [-0.25, -0.2) is 4.98 Å². The van der Waals surface area contributed by atoms with E-state index in [1.165, 1.54) is 16.5 Å². The van der Waals surface area contributed by atoms with Crippen molar-refractivity contribution in [3.63, 3.8) is 0 Å². The zero-order valence-electron chi connectivity index (χ0n) is 17.8. The average Bonchev–Trinajstić information content (AvgIpc) is 2.73. The van der Waals surface area contributed by atoms with Crippen molar-refractivity contribution in [3.05, 3.63) is 71.3 Å². The summed E-state index contributed by atoms with van der Waals surface area (Å²) >= 11 is 0. The van der Waals surface area contributed by atoms with Crippen LogP contribution in [0.1, 0.15) is 42.3 Å². The number of nitrogens with zero attached hydrogens (tertiary/aromatic N) is 3. The summed E-state index contributed by atoms with van der Waals surface area (Å²) in [6.07, 6.45) is 0. The second-order valence-electron chi connectivity index (χ2n) is 8.92. The molecular weight excluding hydrogens is 358 g/mol. The molecule has 1 aromatic heterocycles. The number of carbonyl (C=O) groups is 1. The molecule has 2 heterocycles. The standard InChI is InChI=1S/C25H29N3O/c1-18-17-23(26-22-8-6-5-7-21(18)22)27-13-15-28(16-14-27)24(29)19-9-11-20(12-10-19)25(2,3)4/h5-12,17H,13-16H2,1-4H3. The van der Waals surface area contributed by atoms with Crippen LogP contribution < -0.4 is 4.90 Å². The molecule has 4 nitrogen and oxygen atoms in total. The van der Waals surface area contributed by atoms with Crippen molar-refractivity contribution in [2.24, 2.45) is 0 Å². The molecule has 0 unspecified atom stereocenters. The van der Waals surface area contributed by atoms with Gasteiger partial charge in [-0.1, -0.05) is 51.1 Å². The third-order valence-corrected chi connectivity index (χ3v) is 5.80. The third kappa shape index (κ3) is 3.98. The summed E-state index contributed by atoms with van der Waals surface area (Å²) in [5, 5.41) is 1.20. The van der Waals surface area contributed by atoms with Gasteiger partial charge >= 0.3 is 0 Å². The normalized spacial score (nSPS) is 15.0. The predicted molar refractivity (Wildman–Crippen MR) is 120 cm³/mol. The van der Waals surface area contributed by atoms with Crippen LogP contribution in [0.2, 0.25) is 0 Å². The fourth-order valence-corrected chi connectivity index (χ4v) is 3.93. The molecule has 1 saturated heterocycles. The van der Waals surface area contributed by atoms with Gasteiger partial charge in [0.05, 0.1) is 5.52 Å². The van der Waals surface area contributed by atoms with Gasteiger partial charge in [0.2, 0.25) is 0 Å². The van der Waals surface area contributed by atoms with Crippen LogP contribution in [0.3, 0.4) is 0 Å². The Kier molecular flexibility index (Phi) is 5.03. The second kappa shape index (κ2) is 7.51. The Morgan fingerprint density at radius 1 is 0.931 bits per heavy atom. The number of pyridine rings is 1. The van der Waals surface area contributed by atoms with Gasteiger partial charge in [0.1, 0.15) is 5.82 Å². The molecule has 1 aliphatic heterocycles. The molecule has 1 fully saturated rings. The van der Waals surface area contributed by atoms with Gasteiger partial charge in [-0.2, -0.15) is 0 Å². The fourth-order valence-electron chi connectivity index (χ4n) is 3.93. The van der Waals surface area contributed by atoms with Crippen LogP contribution in [0.15, 0.2) is 54.6 Å². The minimum atomic E-state index is 0.0954. The highest BCUT2D eigenvalue weighted by Crippen LogP contribution is 2.25. The lowest BCUT2D eigenvalue weighted by atomic mass is 9.86. The van der Waals surface area contributed by atoms with E-state index in [0.29, 0.717) is 13.1 Å². The van der Waals surface area contributed by atoms with Crippen molar-refractivity contribution in [2.75, 3.05) is 31.1 Å². The van der Waals surface area contributed by atoms with Crippen LogP contribution in [-0.4, -0.2) is 42.0 Å². The molecule has 3 aromatic rings. The minimum absolute atomic E-state index is 0.0954. The highest BCUT2D eigenvalue weighted by atomic mass is 16.2. The molecule has 1 aliphatic rings. The third-order valence-electron chi connectivity index (χ3n) is 5.80. The number of amides is 1. The number of aromatic nitrogens is 1. The molecule has 0 N–H and O–H groups in total. The molecule has 0 spiro atoms. The Hall–Kier alpha value is -2.88. The topological polar surface area (TPSA) is 36.4 Å². The monoisotopic (exact) mass is 387 g/mol. The van der Waals surface area contributed by atoms with E-state index in [-0.39, 0.29) is 11.3 Å². The van der Waals surface area contributed by atoms with E-state index >= 15 is 0 Å². The summed E-state index contributed by atoms with van der Waals surface area (Å²) in [5.41, 5.74) is 4.38. The number of hydrogen-bond donors (Lipinski definition) is 0. The molecular formula is C25H29N3O. The van der Waals surface area contributed by atoms with Crippen LogP contribution in [0.25, 0.3) is 10.9 Å². The van der Waals surface area contributed by atoms with E-state index < -0.39 is 0 Å². The van der Waals surface area contributed by atoms with Crippen LogP contribution in [0.4, 0.5) is 5.82 Å². The molecule has 2 aromatic carbocycles. The van der Waals surface area contributed by atoms with Crippen LogP contribution in [0, 0.1) is 6.92 Å². The number of benzene rings is 2. The van der Waals surface area contributed by atoms with Gasteiger partial charge in [-0.3, -0.25) is 4.79 Å². The van der Waals surface area contributed by atoms with Gasteiger partial charge < -0.3 is 9.80 Å². The van der Waals surface area contributed by atoms with Gasteiger partial charge in [0, 0.05) is 37.1 Å². The number of piperazine rings is 1. The molecule has 4 rings (SSSR count). The van der Waals surface area contributed by atoms with E-state index in [9.17, 15) is 4.79 Å². The number of anilines is 1. The summed E-state index contributed by atoms with van der Waals surface area (Å²) in [5.74, 6) is 1.12. The largest absolute Gasteiger partial charge is 0.353 e. The van der Waals surface area contributed by atoms with E-state index in [1.54, 1.807) is 0 Å². The first kappa shape index (κ1) is 19.4. The lowest BCUT2D eigenvalue weighted by Crippen LogP contribution is -2.49. The summed E-state index contributed by atoms with van der Waals surface area (Å²) in [6.45, 7) is 11.7. The lowest BCUT2D eigenvalue weighted by Gasteiger charge is -2.35. The summed E-state index contributed by atoms with van der Waals surface area (Å²) in [4.78, 5) is 22.0. The van der Waals surface area contributed by atoms with Crippen molar-refractivity contribution in [1.29, 1.82) is 0 Å². The summed E-state index contributed by atoms with van der Waals surface area (Å²) in [6, 6.07) is 18.5. The Labute approximate surface area is 173 Å². The van der Waals surface area contributed by atoms with Crippen LogP contribution in [0.5, 0.6) is 0 Å². The number of hydrogen-bond acceptors (Lipinski definition) is 3. The van der Waals surface area contributed by atoms with Crippen LogP contribution in [-0.2, 0) is 5.41 Å². The molecule has 0 bridgehead atoms. The van der Waals surface area contributed by atoms with E-state index in [0.717, 1.165) is 30.0 Å². The molecule has 4 heteroatoms. The van der Waals surface area contributed by atoms with Crippen molar-refractivity contribution >= 4 is 22.6 Å². The number of carbonyl (C=O) groups excluding carboxylic acids is 1. The van der Waals surface area contributed by atoms with Crippen molar-refractivity contribution < 1.29 is 4.79 Å². The maximum absolute atomic E-state index is 12.9. The first-order valence-electron chi connectivity index (χ1n) is 10.3. The lowest BCUT2D eigenvalue weighted by molar-refractivity contribution is 0.0746. The summed E-state index contributed by atoms with van der Waals surface area (Å²) < 4.78 is 0. The smallest absolute Gasteiger partial charge is 0.253 e. The maximum atomic E-state index is 12.9. The highest BCUT2D eigenvalue weighted by Gasteiger charge is 2.24. The predicted octanol–water partition coefficient (Wildman–Crippen LogP) is 4.80. The highest BCUT2D eigenvalue weighted by molar-refractivity contribution is 5.94. The van der Waals surface area contributed by atoms with E-state index in [2.05, 4.69) is 69.0 Å². The second-order valence-corrected chi connectivity index (χ2v) is 8.92. The molecule has 0 atom stereocenters. The first-order valence-corrected chi connectivity index (χ1v) is 10.3. The first-order chi connectivity index (χ1) is 13.8. The fraction of sp³-hybridized carbons (Fsp3) is 0.360. The molecule has 150 valence electrons. The molecule has 0 saturated carbocycles. The van der Waals surface area contributed by atoms with Gasteiger partial charge in [0.25, 0.3) is 5.91 Å². The van der Waals surface area contributed by atoms with Crippen LogP contribution >= 0.6 is 0 Å². The molecule has 1 amide bonds. The van der Waals surface area contributed by atoms with E-state index in [4.69, 9.17) is 4.98 Å². The average molecular weight is 388 g/mol. The molecule has 0 radical (unpaired) electrons. The van der Waals surface area contributed by atoms with Crippen molar-refractivity contribution in [3.8, 4) is 0 Å². The Morgan fingerprint density at radius 3 is 2.24 bits per heavy atom. The number of fused-ring (bicyclic) bond motifs is 1. The number of aryl methyl sites for hydroxylation is 1. The Bertz CT molecular complexity index is 1030. The number of rotatable bonds is 2. The molecule has 0 aliphatic carbocycles. The van der Waals surface area contributed by atoms with Crippen molar-refractivity contribution in [2.45, 2.75) is 33.1 Å². The SMILES string of the molecule is Cc1cc(N2CCN(C(=O)c3ccc(C(C)(C)C)cc3)CC2)nc2ccccc12. The van der Waals surface area contributed by atoms with E-state index in [1.807, 2.05) is 23.1 Å². The molecule has 29 heavy (non-hydrogen) atoms. The zero-order chi connectivity index (χ0) is 20.6. The summed E-state index contributed by atoms with van der Waals surface area (Å²) in [7, 11) is 0. The van der Waals surface area contributed by atoms with Gasteiger partial charge in [-0.05, 0) is 47.7 Å². The minimum Gasteiger partial charge on any atom is -0.353 e. The Morgan fingerprint density at radius 2 is 1.59 bits per heavy atom. The van der Waals surface area contributed by atoms with Crippen molar-refractivity contribution in [1.82, 2.24) is 9.88 Å². The number of para-hydroxylation sites is 1.